The van der Waals surface area contributed by atoms with Gasteiger partial charge in [-0.25, -0.2) is 23.3 Å². The Balaban J connectivity index is 2.18. The number of hydrogen-bond donors (Lipinski definition) is 2. The summed E-state index contributed by atoms with van der Waals surface area (Å²) in [5.41, 5.74) is -0.0267. The predicted molar refractivity (Wildman–Crippen MR) is 85.6 cm³/mol. The molecule has 0 unspecified atom stereocenters. The van der Waals surface area contributed by atoms with E-state index >= 15 is 0 Å². The van der Waals surface area contributed by atoms with Crippen LogP contribution >= 0.6 is 11.3 Å². The number of benzene rings is 1. The van der Waals surface area contributed by atoms with E-state index in [1.165, 1.54) is 18.2 Å². The standard InChI is InChI=1S/C13H15N3O5S2/c1-13(2,3)10(17)21-11(18)15-7-4-5-8-9(6-7)22-12(16-8)23(14,19)20/h4-6H,1-3H3,(H,15,18)(H2,14,19,20). The Hall–Kier alpha value is -2.04. The number of nitrogens with two attached hydrogens (primary N) is 1. The number of hydrogen-bond acceptors (Lipinski definition) is 7. The molecule has 10 heteroatoms. The lowest BCUT2D eigenvalue weighted by atomic mass is 9.98. The number of fused-ring (bicyclic) bond motifs is 1. The molecule has 0 aliphatic carbocycles. The second-order valence-corrected chi connectivity index (χ2v) is 8.53. The maximum absolute atomic E-state index is 11.7. The summed E-state index contributed by atoms with van der Waals surface area (Å²) < 4.78 is 27.5. The first-order valence-electron chi connectivity index (χ1n) is 6.43. The van der Waals surface area contributed by atoms with Gasteiger partial charge in [-0.3, -0.25) is 10.1 Å². The predicted octanol–water partition coefficient (Wildman–Crippen LogP) is 2.06. The molecule has 0 aliphatic rings. The molecule has 0 radical (unpaired) electrons. The first kappa shape index (κ1) is 17.3. The van der Waals surface area contributed by atoms with Gasteiger partial charge in [-0.15, -0.1) is 11.3 Å². The number of sulfonamides is 1. The fraction of sp³-hybridized carbons (Fsp3) is 0.308. The van der Waals surface area contributed by atoms with Crippen LogP contribution in [-0.4, -0.2) is 25.5 Å². The van der Waals surface area contributed by atoms with Crippen molar-refractivity contribution in [3.05, 3.63) is 18.2 Å². The van der Waals surface area contributed by atoms with E-state index < -0.39 is 27.5 Å². The van der Waals surface area contributed by atoms with Gasteiger partial charge in [-0.2, -0.15) is 0 Å². The van der Waals surface area contributed by atoms with E-state index in [0.29, 0.717) is 15.9 Å². The second kappa shape index (κ2) is 5.87. The number of ether oxygens (including phenoxy) is 1. The molecule has 0 saturated heterocycles. The molecule has 2 aromatic rings. The molecule has 0 aliphatic heterocycles. The normalized spacial score (nSPS) is 12.2. The molecule has 0 spiro atoms. The van der Waals surface area contributed by atoms with E-state index in [-0.39, 0.29) is 4.34 Å². The first-order valence-corrected chi connectivity index (χ1v) is 8.80. The van der Waals surface area contributed by atoms with E-state index in [9.17, 15) is 18.0 Å². The summed E-state index contributed by atoms with van der Waals surface area (Å²) in [5, 5.41) is 7.43. The number of carbonyl (C=O) groups is 2. The molecule has 2 rings (SSSR count). The molecule has 1 amide bonds. The van der Waals surface area contributed by atoms with Crippen molar-refractivity contribution in [2.24, 2.45) is 10.6 Å². The molecule has 1 aromatic heterocycles. The van der Waals surface area contributed by atoms with E-state index in [1.807, 2.05) is 0 Å². The van der Waals surface area contributed by atoms with Crippen LogP contribution in [0, 0.1) is 5.41 Å². The van der Waals surface area contributed by atoms with Crippen molar-refractivity contribution in [2.45, 2.75) is 25.1 Å². The van der Waals surface area contributed by atoms with Gasteiger partial charge < -0.3 is 4.74 Å². The van der Waals surface area contributed by atoms with Gasteiger partial charge in [-0.1, -0.05) is 0 Å². The minimum atomic E-state index is -3.88. The average molecular weight is 357 g/mol. The highest BCUT2D eigenvalue weighted by atomic mass is 32.2. The van der Waals surface area contributed by atoms with Crippen LogP contribution in [0.4, 0.5) is 10.5 Å². The topological polar surface area (TPSA) is 128 Å². The maximum atomic E-state index is 11.7. The van der Waals surface area contributed by atoms with Crippen molar-refractivity contribution < 1.29 is 22.7 Å². The molecule has 124 valence electrons. The van der Waals surface area contributed by atoms with Crippen LogP contribution in [-0.2, 0) is 19.6 Å². The zero-order valence-corrected chi connectivity index (χ0v) is 14.2. The highest BCUT2D eigenvalue weighted by molar-refractivity contribution is 7.91. The van der Waals surface area contributed by atoms with Crippen LogP contribution < -0.4 is 10.5 Å². The lowest BCUT2D eigenvalue weighted by molar-refractivity contribution is -0.145. The Bertz CT molecular complexity index is 881. The molecule has 23 heavy (non-hydrogen) atoms. The molecule has 0 atom stereocenters. The summed E-state index contributed by atoms with van der Waals surface area (Å²) in [6.07, 6.45) is -0.916. The van der Waals surface area contributed by atoms with E-state index in [4.69, 9.17) is 5.14 Å². The largest absolute Gasteiger partial charge is 0.419 e. The number of aromatic nitrogens is 1. The Morgan fingerprint density at radius 1 is 1.30 bits per heavy atom. The number of rotatable bonds is 2. The quantitative estimate of drug-likeness (QED) is 0.625. The van der Waals surface area contributed by atoms with Crippen molar-refractivity contribution >= 4 is 49.3 Å². The van der Waals surface area contributed by atoms with Crippen molar-refractivity contribution in [2.75, 3.05) is 5.32 Å². The first-order chi connectivity index (χ1) is 10.5. The van der Waals surface area contributed by atoms with Crippen molar-refractivity contribution in [1.82, 2.24) is 4.98 Å². The number of anilines is 1. The lowest BCUT2D eigenvalue weighted by Crippen LogP contribution is -2.28. The van der Waals surface area contributed by atoms with Crippen LogP contribution in [0.15, 0.2) is 22.5 Å². The Labute approximate surface area is 136 Å². The second-order valence-electron chi connectivity index (χ2n) is 5.76. The zero-order valence-electron chi connectivity index (χ0n) is 12.6. The molecular formula is C13H15N3O5S2. The Morgan fingerprint density at radius 2 is 1.96 bits per heavy atom. The Kier molecular flexibility index (Phi) is 4.42. The molecule has 0 saturated carbocycles. The summed E-state index contributed by atoms with van der Waals surface area (Å²) in [4.78, 5) is 27.2. The highest BCUT2D eigenvalue weighted by Crippen LogP contribution is 2.27. The smallest absolute Gasteiger partial charge is 0.376 e. The van der Waals surface area contributed by atoms with Gasteiger partial charge in [0, 0.05) is 5.69 Å². The molecule has 0 bridgehead atoms. The van der Waals surface area contributed by atoms with Crippen LogP contribution in [0.3, 0.4) is 0 Å². The van der Waals surface area contributed by atoms with Gasteiger partial charge in [0.2, 0.25) is 4.34 Å². The number of carbonyl (C=O) groups excluding carboxylic acids is 2. The minimum absolute atomic E-state index is 0.213. The number of primary sulfonamides is 1. The summed E-state index contributed by atoms with van der Waals surface area (Å²) in [5.74, 6) is -0.662. The van der Waals surface area contributed by atoms with E-state index in [0.717, 1.165) is 11.3 Å². The van der Waals surface area contributed by atoms with Gasteiger partial charge in [0.25, 0.3) is 10.0 Å². The monoisotopic (exact) mass is 357 g/mol. The summed E-state index contributed by atoms with van der Waals surface area (Å²) in [7, 11) is -3.88. The van der Waals surface area contributed by atoms with Gasteiger partial charge in [0.15, 0.2) is 0 Å². The summed E-state index contributed by atoms with van der Waals surface area (Å²) >= 11 is 0.880. The fourth-order valence-electron chi connectivity index (χ4n) is 1.48. The van der Waals surface area contributed by atoms with Gasteiger partial charge in [-0.05, 0) is 39.0 Å². The van der Waals surface area contributed by atoms with Crippen LogP contribution in [0.5, 0.6) is 0 Å². The van der Waals surface area contributed by atoms with Crippen LogP contribution in [0.2, 0.25) is 0 Å². The number of thiazole rings is 1. The number of nitrogens with one attached hydrogen (secondary N) is 1. The minimum Gasteiger partial charge on any atom is -0.376 e. The highest BCUT2D eigenvalue weighted by Gasteiger charge is 2.25. The summed E-state index contributed by atoms with van der Waals surface area (Å²) in [6, 6.07) is 4.56. The third-order valence-corrected chi connectivity index (χ3v) is 4.99. The lowest BCUT2D eigenvalue weighted by Gasteiger charge is -2.15. The van der Waals surface area contributed by atoms with Gasteiger partial charge in [0.1, 0.15) is 0 Å². The van der Waals surface area contributed by atoms with Gasteiger partial charge in [0.05, 0.1) is 15.6 Å². The fourth-order valence-corrected chi connectivity index (χ4v) is 3.18. The molecule has 0 fully saturated rings. The van der Waals surface area contributed by atoms with Crippen LogP contribution in [0.1, 0.15) is 20.8 Å². The van der Waals surface area contributed by atoms with Gasteiger partial charge >= 0.3 is 12.1 Å². The maximum Gasteiger partial charge on any atom is 0.419 e. The molecule has 8 nitrogen and oxygen atoms in total. The van der Waals surface area contributed by atoms with Crippen LogP contribution in [0.25, 0.3) is 10.2 Å². The molecule has 1 heterocycles. The third-order valence-electron chi connectivity index (χ3n) is 2.66. The molecular weight excluding hydrogens is 342 g/mol. The molecule has 1 aromatic carbocycles. The SMILES string of the molecule is CC(C)(C)C(=O)OC(=O)Nc1ccc2nc(S(N)(=O)=O)sc2c1. The number of amides is 1. The van der Waals surface area contributed by atoms with Crippen molar-refractivity contribution in [1.29, 1.82) is 0 Å². The van der Waals surface area contributed by atoms with Crippen molar-refractivity contribution in [3.63, 3.8) is 0 Å². The van der Waals surface area contributed by atoms with Crippen molar-refractivity contribution in [3.8, 4) is 0 Å². The summed E-state index contributed by atoms with van der Waals surface area (Å²) in [6.45, 7) is 4.88. The molecule has 3 N–H and O–H groups in total. The number of nitrogens with zero attached hydrogens (tertiary/aromatic N) is 1. The average Bonchev–Trinajstić information content (AvgIpc) is 2.80. The third kappa shape index (κ3) is 4.24. The zero-order chi connectivity index (χ0) is 17.4. The van der Waals surface area contributed by atoms with E-state index in [1.54, 1.807) is 20.8 Å². The Morgan fingerprint density at radius 3 is 2.52 bits per heavy atom. The number of esters is 1. The van der Waals surface area contributed by atoms with E-state index in [2.05, 4.69) is 15.0 Å².